The molecular formula is C18H17BrN2OS. The molecule has 0 atom stereocenters. The molecule has 0 radical (unpaired) electrons. The summed E-state index contributed by atoms with van der Waals surface area (Å²) in [5, 5.41) is 0. The highest BCUT2D eigenvalue weighted by Gasteiger charge is 2.10. The Bertz CT molecular complexity index is 969. The van der Waals surface area contributed by atoms with Crippen molar-refractivity contribution in [1.82, 2.24) is 4.57 Å². The van der Waals surface area contributed by atoms with Crippen molar-refractivity contribution >= 4 is 43.4 Å². The van der Waals surface area contributed by atoms with Gasteiger partial charge in [-0.05, 0) is 56.2 Å². The number of aryl methyl sites for hydroxylation is 3. The fourth-order valence-corrected chi connectivity index (χ4v) is 4.22. The highest BCUT2D eigenvalue weighted by atomic mass is 79.9. The summed E-state index contributed by atoms with van der Waals surface area (Å²) in [4.78, 5) is 17.6. The topological polar surface area (TPSA) is 34.4 Å². The number of thiazole rings is 1. The molecule has 0 saturated heterocycles. The average molecular weight is 389 g/mol. The first-order chi connectivity index (χ1) is 11.0. The van der Waals surface area contributed by atoms with Gasteiger partial charge in [-0.3, -0.25) is 4.79 Å². The first-order valence-corrected chi connectivity index (χ1v) is 9.05. The van der Waals surface area contributed by atoms with E-state index in [2.05, 4.69) is 58.4 Å². The molecule has 0 N–H and O–H groups in total. The van der Waals surface area contributed by atoms with E-state index in [-0.39, 0.29) is 5.91 Å². The van der Waals surface area contributed by atoms with Crippen LogP contribution >= 0.6 is 27.3 Å². The molecule has 3 aromatic rings. The Kier molecular flexibility index (Phi) is 4.50. The number of hydrogen-bond acceptors (Lipinski definition) is 2. The molecule has 3 nitrogen and oxygen atoms in total. The zero-order chi connectivity index (χ0) is 16.6. The fourth-order valence-electron chi connectivity index (χ4n) is 2.68. The lowest BCUT2D eigenvalue weighted by Gasteiger charge is -2.03. The number of fused-ring (bicyclic) bond motifs is 1. The zero-order valence-electron chi connectivity index (χ0n) is 13.3. The van der Waals surface area contributed by atoms with Crippen LogP contribution in [0.5, 0.6) is 0 Å². The third-order valence-electron chi connectivity index (χ3n) is 3.70. The highest BCUT2D eigenvalue weighted by molar-refractivity contribution is 9.10. The van der Waals surface area contributed by atoms with Gasteiger partial charge in [0.2, 0.25) is 0 Å². The van der Waals surface area contributed by atoms with Crippen LogP contribution in [0.25, 0.3) is 10.2 Å². The molecular weight excluding hydrogens is 372 g/mol. The van der Waals surface area contributed by atoms with Crippen molar-refractivity contribution in [2.24, 2.45) is 4.99 Å². The lowest BCUT2D eigenvalue weighted by atomic mass is 10.1. The van der Waals surface area contributed by atoms with Gasteiger partial charge in [0, 0.05) is 16.6 Å². The Morgan fingerprint density at radius 1 is 1.26 bits per heavy atom. The van der Waals surface area contributed by atoms with Crippen LogP contribution in [-0.2, 0) is 6.54 Å². The third-order valence-corrected chi connectivity index (χ3v) is 5.42. The second-order valence-electron chi connectivity index (χ2n) is 5.49. The van der Waals surface area contributed by atoms with Gasteiger partial charge in [-0.2, -0.15) is 4.99 Å². The molecule has 0 aliphatic carbocycles. The molecule has 0 spiro atoms. The van der Waals surface area contributed by atoms with Crippen molar-refractivity contribution in [2.75, 3.05) is 0 Å². The summed E-state index contributed by atoms with van der Waals surface area (Å²) >= 11 is 4.97. The van der Waals surface area contributed by atoms with Gasteiger partial charge in [-0.1, -0.05) is 39.4 Å². The molecule has 23 heavy (non-hydrogen) atoms. The van der Waals surface area contributed by atoms with E-state index in [0.29, 0.717) is 5.56 Å². The first kappa shape index (κ1) is 16.1. The molecule has 118 valence electrons. The third kappa shape index (κ3) is 3.16. The van der Waals surface area contributed by atoms with Crippen LogP contribution < -0.4 is 4.80 Å². The number of amides is 1. The Balaban J connectivity index is 2.19. The van der Waals surface area contributed by atoms with Crippen molar-refractivity contribution < 1.29 is 4.79 Å². The maximum atomic E-state index is 12.5. The van der Waals surface area contributed by atoms with Crippen LogP contribution in [0.15, 0.2) is 45.9 Å². The monoisotopic (exact) mass is 388 g/mol. The molecule has 1 aromatic heterocycles. The maximum absolute atomic E-state index is 12.5. The van der Waals surface area contributed by atoms with E-state index in [4.69, 9.17) is 0 Å². The summed E-state index contributed by atoms with van der Waals surface area (Å²) < 4.78 is 4.18. The zero-order valence-corrected chi connectivity index (χ0v) is 15.7. The van der Waals surface area contributed by atoms with Gasteiger partial charge < -0.3 is 4.57 Å². The van der Waals surface area contributed by atoms with Crippen molar-refractivity contribution in [1.29, 1.82) is 0 Å². The summed E-state index contributed by atoms with van der Waals surface area (Å²) in [6, 6.07) is 11.7. The predicted octanol–water partition coefficient (Wildman–Crippen LogP) is 4.84. The van der Waals surface area contributed by atoms with Crippen LogP contribution in [0.3, 0.4) is 0 Å². The van der Waals surface area contributed by atoms with Crippen molar-refractivity contribution in [3.8, 4) is 0 Å². The molecule has 1 amide bonds. The van der Waals surface area contributed by atoms with Crippen LogP contribution in [-0.4, -0.2) is 10.5 Å². The summed E-state index contributed by atoms with van der Waals surface area (Å²) in [5.74, 6) is -0.213. The van der Waals surface area contributed by atoms with Gasteiger partial charge in [0.15, 0.2) is 4.80 Å². The van der Waals surface area contributed by atoms with Gasteiger partial charge in [0.25, 0.3) is 5.91 Å². The Hall–Kier alpha value is -1.72. The Morgan fingerprint density at radius 3 is 2.74 bits per heavy atom. The summed E-state index contributed by atoms with van der Waals surface area (Å²) in [5.41, 5.74) is 4.19. The number of carbonyl (C=O) groups excluding carboxylic acids is 1. The maximum Gasteiger partial charge on any atom is 0.279 e. The fraction of sp³-hybridized carbons (Fsp3) is 0.222. The molecule has 3 rings (SSSR count). The van der Waals surface area contributed by atoms with E-state index in [9.17, 15) is 4.79 Å². The van der Waals surface area contributed by atoms with Crippen molar-refractivity contribution in [3.63, 3.8) is 0 Å². The minimum Gasteiger partial charge on any atom is -0.317 e. The smallest absolute Gasteiger partial charge is 0.279 e. The summed E-state index contributed by atoms with van der Waals surface area (Å²) in [6.07, 6.45) is 0. The quantitative estimate of drug-likeness (QED) is 0.617. The standard InChI is InChI=1S/C18H17BrN2OS/c1-4-21-15-9-11(2)8-12(3)16(15)23-18(21)20-17(22)13-6-5-7-14(19)10-13/h5-10H,4H2,1-3H3. The van der Waals surface area contributed by atoms with Crippen molar-refractivity contribution in [2.45, 2.75) is 27.3 Å². The Morgan fingerprint density at radius 2 is 2.04 bits per heavy atom. The number of rotatable bonds is 2. The number of halogens is 1. The largest absolute Gasteiger partial charge is 0.317 e. The predicted molar refractivity (Wildman–Crippen MR) is 99.0 cm³/mol. The van der Waals surface area contributed by atoms with E-state index in [0.717, 1.165) is 21.3 Å². The molecule has 0 aliphatic heterocycles. The average Bonchev–Trinajstić information content (AvgIpc) is 2.84. The second kappa shape index (κ2) is 6.42. The molecule has 5 heteroatoms. The van der Waals surface area contributed by atoms with Gasteiger partial charge in [-0.25, -0.2) is 0 Å². The molecule has 0 unspecified atom stereocenters. The SMILES string of the molecule is CCn1c(=NC(=O)c2cccc(Br)c2)sc2c(C)cc(C)cc21. The molecule has 0 fully saturated rings. The number of carbonyl (C=O) groups is 1. The van der Waals surface area contributed by atoms with E-state index in [1.165, 1.54) is 15.8 Å². The Labute approximate surface area is 147 Å². The van der Waals surface area contributed by atoms with Crippen LogP contribution in [0.4, 0.5) is 0 Å². The highest BCUT2D eigenvalue weighted by Crippen LogP contribution is 2.23. The number of benzene rings is 2. The minimum atomic E-state index is -0.213. The van der Waals surface area contributed by atoms with E-state index in [1.807, 2.05) is 12.1 Å². The summed E-state index contributed by atoms with van der Waals surface area (Å²) in [6.45, 7) is 7.05. The molecule has 0 bridgehead atoms. The molecule has 0 saturated carbocycles. The van der Waals surface area contributed by atoms with E-state index >= 15 is 0 Å². The number of aromatic nitrogens is 1. The van der Waals surface area contributed by atoms with Gasteiger partial charge in [-0.15, -0.1) is 0 Å². The molecule has 0 aliphatic rings. The molecule has 1 heterocycles. The minimum absolute atomic E-state index is 0.213. The normalized spacial score (nSPS) is 12.1. The van der Waals surface area contributed by atoms with Gasteiger partial charge in [0.1, 0.15) is 0 Å². The van der Waals surface area contributed by atoms with E-state index < -0.39 is 0 Å². The lowest BCUT2D eigenvalue weighted by Crippen LogP contribution is -2.15. The van der Waals surface area contributed by atoms with Crippen molar-refractivity contribution in [3.05, 3.63) is 62.4 Å². The molecule has 2 aromatic carbocycles. The van der Waals surface area contributed by atoms with Gasteiger partial charge >= 0.3 is 0 Å². The van der Waals surface area contributed by atoms with Crippen LogP contribution in [0, 0.1) is 13.8 Å². The van der Waals surface area contributed by atoms with Crippen LogP contribution in [0.2, 0.25) is 0 Å². The van der Waals surface area contributed by atoms with Gasteiger partial charge in [0.05, 0.1) is 10.2 Å². The second-order valence-corrected chi connectivity index (χ2v) is 7.38. The lowest BCUT2D eigenvalue weighted by molar-refractivity contribution is 0.0998. The number of hydrogen-bond donors (Lipinski definition) is 0. The van der Waals surface area contributed by atoms with Crippen LogP contribution in [0.1, 0.15) is 28.4 Å². The summed E-state index contributed by atoms with van der Waals surface area (Å²) in [7, 11) is 0. The number of nitrogens with zero attached hydrogens (tertiary/aromatic N) is 2. The van der Waals surface area contributed by atoms with E-state index in [1.54, 1.807) is 23.5 Å². The first-order valence-electron chi connectivity index (χ1n) is 7.45.